The van der Waals surface area contributed by atoms with Crippen LogP contribution in [0.2, 0.25) is 0 Å². The third kappa shape index (κ3) is 2.19. The molecule has 0 N–H and O–H groups in total. The van der Waals surface area contributed by atoms with Crippen LogP contribution >= 0.6 is 0 Å². The Labute approximate surface area is 132 Å². The molecule has 0 radical (unpaired) electrons. The maximum atomic E-state index is 10.9. The summed E-state index contributed by atoms with van der Waals surface area (Å²) in [5.74, 6) is 1.51. The SMILES string of the molecule is O=[N+]([O-])c1ccc(N2c3ccccc3Oc3ccccc32)cc1. The Hall–Kier alpha value is -3.34. The van der Waals surface area contributed by atoms with Crippen LogP contribution in [0.5, 0.6) is 11.5 Å². The molecular weight excluding hydrogens is 292 g/mol. The summed E-state index contributed by atoms with van der Waals surface area (Å²) in [6.07, 6.45) is 0. The summed E-state index contributed by atoms with van der Waals surface area (Å²) in [6.45, 7) is 0. The number of non-ortho nitro benzene ring substituents is 1. The zero-order valence-electron chi connectivity index (χ0n) is 12.0. The molecule has 0 unspecified atom stereocenters. The standard InChI is InChI=1S/C18H12N2O3/c21-20(22)14-11-9-13(10-12-14)19-15-5-1-3-7-17(15)23-18-8-4-2-6-16(18)19/h1-12H. The molecule has 5 heteroatoms. The van der Waals surface area contributed by atoms with Crippen molar-refractivity contribution in [2.75, 3.05) is 4.90 Å². The molecule has 1 aliphatic rings. The number of ether oxygens (including phenoxy) is 1. The van der Waals surface area contributed by atoms with Crippen molar-refractivity contribution in [3.8, 4) is 11.5 Å². The zero-order chi connectivity index (χ0) is 15.8. The first-order chi connectivity index (χ1) is 11.2. The summed E-state index contributed by atoms with van der Waals surface area (Å²) in [6, 6.07) is 22.0. The van der Waals surface area contributed by atoms with Crippen LogP contribution in [0.4, 0.5) is 22.7 Å². The number of rotatable bonds is 2. The molecular formula is C18H12N2O3. The Morgan fingerprint density at radius 2 is 1.30 bits per heavy atom. The number of fused-ring (bicyclic) bond motifs is 2. The lowest BCUT2D eigenvalue weighted by Crippen LogP contribution is -2.15. The van der Waals surface area contributed by atoms with Gasteiger partial charge in [0.2, 0.25) is 0 Å². The van der Waals surface area contributed by atoms with Crippen molar-refractivity contribution in [1.82, 2.24) is 0 Å². The second kappa shape index (κ2) is 5.14. The second-order valence-electron chi connectivity index (χ2n) is 5.15. The molecule has 0 bridgehead atoms. The minimum atomic E-state index is -0.398. The molecule has 0 saturated carbocycles. The number of hydrogen-bond donors (Lipinski definition) is 0. The van der Waals surface area contributed by atoms with Gasteiger partial charge in [0.05, 0.1) is 16.3 Å². The molecule has 0 saturated heterocycles. The largest absolute Gasteiger partial charge is 0.453 e. The molecule has 1 heterocycles. The summed E-state index contributed by atoms with van der Waals surface area (Å²) >= 11 is 0. The van der Waals surface area contributed by atoms with Crippen molar-refractivity contribution in [3.63, 3.8) is 0 Å². The van der Waals surface area contributed by atoms with Crippen LogP contribution in [0.1, 0.15) is 0 Å². The van der Waals surface area contributed by atoms with Crippen LogP contribution in [0, 0.1) is 10.1 Å². The predicted molar refractivity (Wildman–Crippen MR) is 87.9 cm³/mol. The van der Waals surface area contributed by atoms with Gasteiger partial charge in [-0.15, -0.1) is 0 Å². The topological polar surface area (TPSA) is 55.6 Å². The van der Waals surface area contributed by atoms with Gasteiger partial charge in [-0.05, 0) is 36.4 Å². The first-order valence-corrected chi connectivity index (χ1v) is 7.14. The highest BCUT2D eigenvalue weighted by Gasteiger charge is 2.25. The molecule has 0 fully saturated rings. The number of benzene rings is 3. The van der Waals surface area contributed by atoms with Crippen molar-refractivity contribution in [1.29, 1.82) is 0 Å². The van der Waals surface area contributed by atoms with Crippen molar-refractivity contribution in [3.05, 3.63) is 82.9 Å². The highest BCUT2D eigenvalue weighted by molar-refractivity contribution is 5.86. The van der Waals surface area contributed by atoms with E-state index in [2.05, 4.69) is 0 Å². The predicted octanol–water partition coefficient (Wildman–Crippen LogP) is 5.17. The number of hydrogen-bond acceptors (Lipinski definition) is 4. The summed E-state index contributed by atoms with van der Waals surface area (Å²) in [5, 5.41) is 10.9. The second-order valence-corrected chi connectivity index (χ2v) is 5.15. The van der Waals surface area contributed by atoms with E-state index in [9.17, 15) is 10.1 Å². The zero-order valence-corrected chi connectivity index (χ0v) is 12.0. The molecule has 3 aromatic carbocycles. The van der Waals surface area contributed by atoms with Gasteiger partial charge in [0.25, 0.3) is 5.69 Å². The maximum Gasteiger partial charge on any atom is 0.269 e. The molecule has 0 aliphatic carbocycles. The number of nitro groups is 1. The summed E-state index contributed by atoms with van der Waals surface area (Å²) in [4.78, 5) is 12.5. The quantitative estimate of drug-likeness (QED) is 0.378. The van der Waals surface area contributed by atoms with Gasteiger partial charge in [-0.25, -0.2) is 0 Å². The van der Waals surface area contributed by atoms with Gasteiger partial charge in [0.15, 0.2) is 11.5 Å². The van der Waals surface area contributed by atoms with E-state index in [-0.39, 0.29) is 5.69 Å². The van der Waals surface area contributed by atoms with Gasteiger partial charge in [-0.1, -0.05) is 24.3 Å². The van der Waals surface area contributed by atoms with E-state index in [1.807, 2.05) is 53.4 Å². The first-order valence-electron chi connectivity index (χ1n) is 7.14. The molecule has 1 aliphatic heterocycles. The molecule has 112 valence electrons. The normalized spacial score (nSPS) is 12.1. The summed E-state index contributed by atoms with van der Waals surface area (Å²) < 4.78 is 5.94. The number of nitro benzene ring substituents is 1. The van der Waals surface area contributed by atoms with Crippen molar-refractivity contribution in [2.45, 2.75) is 0 Å². The van der Waals surface area contributed by atoms with Gasteiger partial charge in [-0.3, -0.25) is 10.1 Å². The Bertz CT molecular complexity index is 845. The van der Waals surface area contributed by atoms with Crippen LogP contribution in [-0.2, 0) is 0 Å². The van der Waals surface area contributed by atoms with Crippen LogP contribution in [0.25, 0.3) is 0 Å². The van der Waals surface area contributed by atoms with Crippen molar-refractivity contribution < 1.29 is 9.66 Å². The molecule has 0 amide bonds. The lowest BCUT2D eigenvalue weighted by Gasteiger charge is -2.32. The monoisotopic (exact) mass is 304 g/mol. The average molecular weight is 304 g/mol. The van der Waals surface area contributed by atoms with E-state index in [1.165, 1.54) is 12.1 Å². The summed E-state index contributed by atoms with van der Waals surface area (Å²) in [7, 11) is 0. The van der Waals surface area contributed by atoms with E-state index < -0.39 is 4.92 Å². The van der Waals surface area contributed by atoms with E-state index in [0.717, 1.165) is 28.6 Å². The van der Waals surface area contributed by atoms with Gasteiger partial charge < -0.3 is 9.64 Å². The molecule has 5 nitrogen and oxygen atoms in total. The minimum absolute atomic E-state index is 0.0728. The highest BCUT2D eigenvalue weighted by Crippen LogP contribution is 2.49. The fraction of sp³-hybridized carbons (Fsp3) is 0. The van der Waals surface area contributed by atoms with Crippen LogP contribution < -0.4 is 9.64 Å². The highest BCUT2D eigenvalue weighted by atomic mass is 16.6. The lowest BCUT2D eigenvalue weighted by atomic mass is 10.1. The lowest BCUT2D eigenvalue weighted by molar-refractivity contribution is -0.384. The Morgan fingerprint density at radius 1 is 0.783 bits per heavy atom. The fourth-order valence-corrected chi connectivity index (χ4v) is 2.71. The summed E-state index contributed by atoms with van der Waals surface area (Å²) in [5.41, 5.74) is 2.72. The Morgan fingerprint density at radius 3 is 1.83 bits per heavy atom. The van der Waals surface area contributed by atoms with Gasteiger partial charge in [-0.2, -0.15) is 0 Å². The average Bonchev–Trinajstić information content (AvgIpc) is 2.59. The smallest absolute Gasteiger partial charge is 0.269 e. The third-order valence-corrected chi connectivity index (χ3v) is 3.75. The fourth-order valence-electron chi connectivity index (χ4n) is 2.71. The number of nitrogens with zero attached hydrogens (tertiary/aromatic N) is 2. The molecule has 4 rings (SSSR count). The first kappa shape index (κ1) is 13.3. The van der Waals surface area contributed by atoms with E-state index in [4.69, 9.17) is 4.74 Å². The Balaban J connectivity index is 1.89. The van der Waals surface area contributed by atoms with Gasteiger partial charge >= 0.3 is 0 Å². The Kier molecular flexibility index (Phi) is 2.98. The molecule has 23 heavy (non-hydrogen) atoms. The maximum absolute atomic E-state index is 10.9. The van der Waals surface area contributed by atoms with E-state index in [0.29, 0.717) is 0 Å². The molecule has 3 aromatic rings. The van der Waals surface area contributed by atoms with Crippen LogP contribution in [0.3, 0.4) is 0 Å². The number of anilines is 3. The van der Waals surface area contributed by atoms with E-state index >= 15 is 0 Å². The molecule has 0 atom stereocenters. The van der Waals surface area contributed by atoms with Crippen molar-refractivity contribution in [2.24, 2.45) is 0 Å². The van der Waals surface area contributed by atoms with Crippen molar-refractivity contribution >= 4 is 22.7 Å². The van der Waals surface area contributed by atoms with Crippen LogP contribution in [0.15, 0.2) is 72.8 Å². The van der Waals surface area contributed by atoms with Gasteiger partial charge in [0.1, 0.15) is 0 Å². The molecule has 0 aromatic heterocycles. The molecule has 0 spiro atoms. The minimum Gasteiger partial charge on any atom is -0.453 e. The van der Waals surface area contributed by atoms with Gasteiger partial charge in [0, 0.05) is 17.8 Å². The third-order valence-electron chi connectivity index (χ3n) is 3.75. The van der Waals surface area contributed by atoms with E-state index in [1.54, 1.807) is 12.1 Å². The number of para-hydroxylation sites is 4. The van der Waals surface area contributed by atoms with Crippen LogP contribution in [-0.4, -0.2) is 4.92 Å².